The van der Waals surface area contributed by atoms with Gasteiger partial charge in [-0.25, -0.2) is 4.39 Å². The van der Waals surface area contributed by atoms with Crippen LogP contribution in [0, 0.1) is 5.82 Å². The largest absolute Gasteiger partial charge is 0.381 e. The molecule has 2 rings (SSSR count). The second-order valence-corrected chi connectivity index (χ2v) is 5.30. The molecule has 1 aromatic rings. The molecule has 1 N–H and O–H groups in total. The van der Waals surface area contributed by atoms with Gasteiger partial charge in [-0.1, -0.05) is 25.1 Å². The van der Waals surface area contributed by atoms with E-state index in [9.17, 15) is 4.39 Å². The highest BCUT2D eigenvalue weighted by molar-refractivity contribution is 5.22. The highest BCUT2D eigenvalue weighted by atomic mass is 19.1. The van der Waals surface area contributed by atoms with Crippen LogP contribution >= 0.6 is 0 Å². The molecule has 0 amide bonds. The molecule has 0 saturated heterocycles. The van der Waals surface area contributed by atoms with Gasteiger partial charge in [0, 0.05) is 31.7 Å². The van der Waals surface area contributed by atoms with E-state index >= 15 is 0 Å². The number of benzene rings is 1. The van der Waals surface area contributed by atoms with Gasteiger partial charge in [0.2, 0.25) is 0 Å². The Bertz CT molecular complexity index is 379. The van der Waals surface area contributed by atoms with Crippen molar-refractivity contribution in [2.24, 2.45) is 0 Å². The Morgan fingerprint density at radius 3 is 2.79 bits per heavy atom. The van der Waals surface area contributed by atoms with Crippen molar-refractivity contribution in [2.45, 2.75) is 44.6 Å². The zero-order chi connectivity index (χ0) is 13.5. The maximum atomic E-state index is 13.9. The van der Waals surface area contributed by atoms with Crippen LogP contribution in [0.3, 0.4) is 0 Å². The fourth-order valence-electron chi connectivity index (χ4n) is 2.24. The summed E-state index contributed by atoms with van der Waals surface area (Å²) >= 11 is 0. The molecule has 0 spiro atoms. The lowest BCUT2D eigenvalue weighted by atomic mass is 9.95. The summed E-state index contributed by atoms with van der Waals surface area (Å²) in [5.41, 5.74) is 0.816. The van der Waals surface area contributed by atoms with E-state index in [1.807, 2.05) is 12.1 Å². The van der Waals surface area contributed by atoms with Crippen molar-refractivity contribution >= 4 is 0 Å². The Kier molecular flexibility index (Phi) is 5.80. The average Bonchev–Trinajstić information content (AvgIpc) is 3.23. The van der Waals surface area contributed by atoms with E-state index in [1.165, 1.54) is 12.8 Å². The van der Waals surface area contributed by atoms with Gasteiger partial charge in [0.1, 0.15) is 5.82 Å². The number of halogens is 1. The zero-order valence-electron chi connectivity index (χ0n) is 11.7. The van der Waals surface area contributed by atoms with Crippen LogP contribution < -0.4 is 5.32 Å². The molecule has 1 saturated carbocycles. The summed E-state index contributed by atoms with van der Waals surface area (Å²) in [4.78, 5) is 0. The predicted octanol–water partition coefficient (Wildman–Crippen LogP) is 3.48. The van der Waals surface area contributed by atoms with Gasteiger partial charge in [0.15, 0.2) is 0 Å². The van der Waals surface area contributed by atoms with Crippen LogP contribution in [0.2, 0.25) is 0 Å². The van der Waals surface area contributed by atoms with Gasteiger partial charge in [0.05, 0.1) is 0 Å². The van der Waals surface area contributed by atoms with Gasteiger partial charge < -0.3 is 10.1 Å². The zero-order valence-corrected chi connectivity index (χ0v) is 11.7. The number of hydrogen-bond donors (Lipinski definition) is 1. The summed E-state index contributed by atoms with van der Waals surface area (Å²) in [7, 11) is 0. The molecule has 0 radical (unpaired) electrons. The fraction of sp³-hybridized carbons (Fsp3) is 0.625. The van der Waals surface area contributed by atoms with Gasteiger partial charge in [0.25, 0.3) is 0 Å². The van der Waals surface area contributed by atoms with Crippen LogP contribution in [0.4, 0.5) is 4.39 Å². The van der Waals surface area contributed by atoms with Crippen molar-refractivity contribution in [3.05, 3.63) is 35.6 Å². The van der Waals surface area contributed by atoms with E-state index < -0.39 is 0 Å². The maximum Gasteiger partial charge on any atom is 0.126 e. The van der Waals surface area contributed by atoms with Crippen LogP contribution in [0.15, 0.2) is 24.3 Å². The summed E-state index contributed by atoms with van der Waals surface area (Å²) in [5, 5.41) is 3.50. The third kappa shape index (κ3) is 4.92. The van der Waals surface area contributed by atoms with Crippen LogP contribution in [0.5, 0.6) is 0 Å². The SMILES string of the molecule is CCCOCCC(CNC1CC1)c1ccccc1F. The predicted molar refractivity (Wildman–Crippen MR) is 75.9 cm³/mol. The Morgan fingerprint density at radius 2 is 2.11 bits per heavy atom. The molecule has 1 unspecified atom stereocenters. The molecule has 106 valence electrons. The molecule has 0 heterocycles. The maximum absolute atomic E-state index is 13.9. The van der Waals surface area contributed by atoms with Gasteiger partial charge in [-0.2, -0.15) is 0 Å². The molecule has 0 aromatic heterocycles. The quantitative estimate of drug-likeness (QED) is 0.690. The minimum atomic E-state index is -0.0967. The lowest BCUT2D eigenvalue weighted by molar-refractivity contribution is 0.127. The van der Waals surface area contributed by atoms with Crippen molar-refractivity contribution in [2.75, 3.05) is 19.8 Å². The van der Waals surface area contributed by atoms with E-state index in [2.05, 4.69) is 12.2 Å². The van der Waals surface area contributed by atoms with Crippen molar-refractivity contribution in [1.29, 1.82) is 0 Å². The van der Waals surface area contributed by atoms with E-state index in [0.29, 0.717) is 12.6 Å². The van der Waals surface area contributed by atoms with E-state index in [-0.39, 0.29) is 11.7 Å². The number of rotatable bonds is 9. The molecule has 1 atom stereocenters. The molecule has 1 aliphatic rings. The summed E-state index contributed by atoms with van der Waals surface area (Å²) in [5.74, 6) is 0.110. The summed E-state index contributed by atoms with van der Waals surface area (Å²) < 4.78 is 19.4. The topological polar surface area (TPSA) is 21.3 Å². The Morgan fingerprint density at radius 1 is 1.32 bits per heavy atom. The van der Waals surface area contributed by atoms with Crippen LogP contribution in [-0.2, 0) is 4.74 Å². The number of ether oxygens (including phenoxy) is 1. The monoisotopic (exact) mass is 265 g/mol. The summed E-state index contributed by atoms with van der Waals surface area (Å²) in [6.45, 7) is 4.45. The standard InChI is InChI=1S/C16H24FNO/c1-2-10-19-11-9-13(12-18-14-7-8-14)15-5-3-4-6-16(15)17/h3-6,13-14,18H,2,7-12H2,1H3. The third-order valence-corrected chi connectivity index (χ3v) is 3.53. The van der Waals surface area contributed by atoms with Crippen LogP contribution in [-0.4, -0.2) is 25.8 Å². The van der Waals surface area contributed by atoms with E-state index in [0.717, 1.165) is 31.6 Å². The van der Waals surface area contributed by atoms with Gasteiger partial charge in [-0.15, -0.1) is 0 Å². The normalized spacial score (nSPS) is 16.5. The average molecular weight is 265 g/mol. The Labute approximate surface area is 115 Å². The summed E-state index contributed by atoms with van der Waals surface area (Å²) in [6.07, 6.45) is 4.43. The number of hydrogen-bond acceptors (Lipinski definition) is 2. The second-order valence-electron chi connectivity index (χ2n) is 5.30. The van der Waals surface area contributed by atoms with Crippen molar-refractivity contribution in [3.8, 4) is 0 Å². The highest BCUT2D eigenvalue weighted by Crippen LogP contribution is 2.25. The molecule has 0 bridgehead atoms. The van der Waals surface area contributed by atoms with Gasteiger partial charge in [-0.05, 0) is 37.3 Å². The Hall–Kier alpha value is -0.930. The fourth-order valence-corrected chi connectivity index (χ4v) is 2.24. The van der Waals surface area contributed by atoms with E-state index in [1.54, 1.807) is 12.1 Å². The first-order chi connectivity index (χ1) is 9.31. The lowest BCUT2D eigenvalue weighted by Crippen LogP contribution is -2.25. The first-order valence-electron chi connectivity index (χ1n) is 7.36. The molecular formula is C16H24FNO. The van der Waals surface area contributed by atoms with Crippen molar-refractivity contribution in [3.63, 3.8) is 0 Å². The van der Waals surface area contributed by atoms with Crippen LogP contribution in [0.25, 0.3) is 0 Å². The molecule has 0 aliphatic heterocycles. The highest BCUT2D eigenvalue weighted by Gasteiger charge is 2.23. The number of nitrogens with one attached hydrogen (secondary N) is 1. The molecule has 3 heteroatoms. The lowest BCUT2D eigenvalue weighted by Gasteiger charge is -2.18. The van der Waals surface area contributed by atoms with Crippen LogP contribution in [0.1, 0.15) is 44.1 Å². The molecular weight excluding hydrogens is 241 g/mol. The second kappa shape index (κ2) is 7.61. The molecule has 2 nitrogen and oxygen atoms in total. The third-order valence-electron chi connectivity index (χ3n) is 3.53. The first-order valence-corrected chi connectivity index (χ1v) is 7.36. The van der Waals surface area contributed by atoms with Gasteiger partial charge in [-0.3, -0.25) is 0 Å². The smallest absolute Gasteiger partial charge is 0.126 e. The minimum Gasteiger partial charge on any atom is -0.381 e. The molecule has 1 aliphatic carbocycles. The molecule has 1 fully saturated rings. The Balaban J connectivity index is 1.90. The minimum absolute atomic E-state index is 0.0967. The first kappa shape index (κ1) is 14.5. The molecule has 1 aromatic carbocycles. The van der Waals surface area contributed by atoms with Gasteiger partial charge >= 0.3 is 0 Å². The van der Waals surface area contributed by atoms with E-state index in [4.69, 9.17) is 4.74 Å². The van der Waals surface area contributed by atoms with Crippen molar-refractivity contribution in [1.82, 2.24) is 5.32 Å². The molecule has 19 heavy (non-hydrogen) atoms. The summed E-state index contributed by atoms with van der Waals surface area (Å²) in [6, 6.07) is 7.76. The van der Waals surface area contributed by atoms with Crippen molar-refractivity contribution < 1.29 is 9.13 Å².